The van der Waals surface area contributed by atoms with Gasteiger partial charge in [0.25, 0.3) is 11.6 Å². The molecule has 10 heteroatoms. The molecule has 4 rings (SSSR count). The van der Waals surface area contributed by atoms with E-state index in [1.807, 2.05) is 17.0 Å². The van der Waals surface area contributed by atoms with Gasteiger partial charge in [0, 0.05) is 54.9 Å². The molecule has 0 bridgehead atoms. The number of thiazole rings is 1. The fraction of sp³-hybridized carbons (Fsp3) is 0.227. The second-order valence-electron chi connectivity index (χ2n) is 7.29. The minimum Gasteiger partial charge on any atom is -0.368 e. The molecule has 1 aromatic heterocycles. The Morgan fingerprint density at radius 1 is 1.06 bits per heavy atom. The van der Waals surface area contributed by atoms with Crippen molar-refractivity contribution in [3.63, 3.8) is 0 Å². The number of benzene rings is 2. The van der Waals surface area contributed by atoms with E-state index in [4.69, 9.17) is 0 Å². The van der Waals surface area contributed by atoms with Gasteiger partial charge in [-0.25, -0.2) is 4.98 Å². The average molecular weight is 452 g/mol. The van der Waals surface area contributed by atoms with E-state index in [1.54, 1.807) is 46.7 Å². The first-order valence-electron chi connectivity index (χ1n) is 10.1. The number of amides is 2. The lowest BCUT2D eigenvalue weighted by Crippen LogP contribution is -2.49. The van der Waals surface area contributed by atoms with Crippen molar-refractivity contribution in [3.8, 4) is 0 Å². The van der Waals surface area contributed by atoms with Crippen LogP contribution >= 0.6 is 11.3 Å². The van der Waals surface area contributed by atoms with Crippen LogP contribution in [0, 0.1) is 10.1 Å². The van der Waals surface area contributed by atoms with Crippen LogP contribution in [0.25, 0.3) is 0 Å². The van der Waals surface area contributed by atoms with E-state index in [-0.39, 0.29) is 23.9 Å². The summed E-state index contributed by atoms with van der Waals surface area (Å²) in [7, 11) is 0. The molecule has 0 saturated carbocycles. The van der Waals surface area contributed by atoms with Crippen molar-refractivity contribution in [2.24, 2.45) is 0 Å². The Morgan fingerprint density at radius 2 is 1.81 bits per heavy atom. The number of nitro benzene ring substituents is 1. The van der Waals surface area contributed by atoms with Crippen molar-refractivity contribution in [2.45, 2.75) is 6.42 Å². The molecule has 0 radical (unpaired) electrons. The predicted molar refractivity (Wildman–Crippen MR) is 122 cm³/mol. The van der Waals surface area contributed by atoms with E-state index in [0.717, 1.165) is 5.69 Å². The van der Waals surface area contributed by atoms with Gasteiger partial charge in [0.15, 0.2) is 5.13 Å². The maximum absolute atomic E-state index is 12.7. The molecule has 2 amide bonds. The Labute approximate surface area is 188 Å². The lowest BCUT2D eigenvalue weighted by Gasteiger charge is -2.36. The number of carbonyl (C=O) groups is 2. The normalized spacial score (nSPS) is 13.6. The molecule has 1 saturated heterocycles. The molecule has 2 aromatic carbocycles. The predicted octanol–water partition coefficient (Wildman–Crippen LogP) is 3.19. The zero-order valence-corrected chi connectivity index (χ0v) is 18.0. The minimum atomic E-state index is -0.409. The van der Waals surface area contributed by atoms with Gasteiger partial charge in [-0.05, 0) is 18.2 Å². The quantitative estimate of drug-likeness (QED) is 0.455. The van der Waals surface area contributed by atoms with Gasteiger partial charge in [-0.3, -0.25) is 25.0 Å². The number of hydrogen-bond acceptors (Lipinski definition) is 7. The number of carbonyl (C=O) groups excluding carboxylic acids is 2. The molecule has 0 unspecified atom stereocenters. The van der Waals surface area contributed by atoms with Crippen molar-refractivity contribution >= 4 is 39.7 Å². The minimum absolute atomic E-state index is 0.0325. The van der Waals surface area contributed by atoms with Gasteiger partial charge in [0.05, 0.1) is 17.0 Å². The number of piperazine rings is 1. The number of rotatable bonds is 6. The van der Waals surface area contributed by atoms with Crippen molar-refractivity contribution in [1.82, 2.24) is 9.88 Å². The molecule has 0 aliphatic carbocycles. The van der Waals surface area contributed by atoms with Gasteiger partial charge >= 0.3 is 0 Å². The van der Waals surface area contributed by atoms with E-state index in [9.17, 15) is 19.7 Å². The van der Waals surface area contributed by atoms with Crippen molar-refractivity contribution in [3.05, 3.63) is 81.3 Å². The molecule has 32 heavy (non-hydrogen) atoms. The Morgan fingerprint density at radius 3 is 2.53 bits per heavy atom. The van der Waals surface area contributed by atoms with E-state index in [1.165, 1.54) is 17.4 Å². The van der Waals surface area contributed by atoms with Gasteiger partial charge in [0.2, 0.25) is 5.91 Å². The number of hydrogen-bond donors (Lipinski definition) is 1. The molecule has 3 aromatic rings. The topological polar surface area (TPSA) is 109 Å². The van der Waals surface area contributed by atoms with Crippen LogP contribution in [-0.2, 0) is 11.2 Å². The SMILES string of the molecule is O=C(Nc1nc(CC(=O)N2CCN(c3cccc([N+](=O)[O-])c3)CC2)cs1)c1ccccc1. The Balaban J connectivity index is 1.29. The Hall–Kier alpha value is -3.79. The second kappa shape index (κ2) is 9.56. The summed E-state index contributed by atoms with van der Waals surface area (Å²) in [6.07, 6.45) is 0.161. The number of nitrogens with one attached hydrogen (secondary N) is 1. The lowest BCUT2D eigenvalue weighted by molar-refractivity contribution is -0.384. The number of anilines is 2. The fourth-order valence-electron chi connectivity index (χ4n) is 3.49. The summed E-state index contributed by atoms with van der Waals surface area (Å²) in [5.41, 5.74) is 2.00. The summed E-state index contributed by atoms with van der Waals surface area (Å²) in [5.74, 6) is -0.273. The van der Waals surface area contributed by atoms with E-state index >= 15 is 0 Å². The summed E-state index contributed by atoms with van der Waals surface area (Å²) >= 11 is 1.29. The molecule has 1 fully saturated rings. The molecule has 0 spiro atoms. The summed E-state index contributed by atoms with van der Waals surface area (Å²) in [5, 5.41) is 16.0. The zero-order valence-electron chi connectivity index (χ0n) is 17.1. The highest BCUT2D eigenvalue weighted by Crippen LogP contribution is 2.23. The third-order valence-electron chi connectivity index (χ3n) is 5.18. The monoisotopic (exact) mass is 451 g/mol. The van der Waals surface area contributed by atoms with E-state index < -0.39 is 4.92 Å². The maximum atomic E-state index is 12.7. The van der Waals surface area contributed by atoms with Crippen LogP contribution in [0.5, 0.6) is 0 Å². The highest BCUT2D eigenvalue weighted by molar-refractivity contribution is 7.14. The second-order valence-corrected chi connectivity index (χ2v) is 8.14. The van der Waals surface area contributed by atoms with Crippen molar-refractivity contribution in [1.29, 1.82) is 0 Å². The fourth-order valence-corrected chi connectivity index (χ4v) is 4.19. The van der Waals surface area contributed by atoms with E-state index in [0.29, 0.717) is 42.6 Å². The van der Waals surface area contributed by atoms with Crippen LogP contribution in [0.1, 0.15) is 16.1 Å². The largest absolute Gasteiger partial charge is 0.368 e. The van der Waals surface area contributed by atoms with Crippen LogP contribution in [0.4, 0.5) is 16.5 Å². The number of aromatic nitrogens is 1. The standard InChI is InChI=1S/C22H21N5O4S/c28-20(13-17-15-32-22(23-17)24-21(29)16-5-2-1-3-6-16)26-11-9-25(10-12-26)18-7-4-8-19(14-18)27(30)31/h1-8,14-15H,9-13H2,(H,23,24,29). The van der Waals surface area contributed by atoms with Crippen LogP contribution in [0.15, 0.2) is 60.0 Å². The first-order valence-corrected chi connectivity index (χ1v) is 11.0. The van der Waals surface area contributed by atoms with Crippen LogP contribution < -0.4 is 10.2 Å². The Kier molecular flexibility index (Phi) is 6.41. The highest BCUT2D eigenvalue weighted by Gasteiger charge is 2.23. The molecule has 1 aliphatic rings. The number of nitrogens with zero attached hydrogens (tertiary/aromatic N) is 4. The first-order chi connectivity index (χ1) is 15.5. The third kappa shape index (κ3) is 5.09. The zero-order chi connectivity index (χ0) is 22.5. The van der Waals surface area contributed by atoms with Crippen LogP contribution in [0.2, 0.25) is 0 Å². The van der Waals surface area contributed by atoms with Gasteiger partial charge in [-0.15, -0.1) is 11.3 Å². The maximum Gasteiger partial charge on any atom is 0.271 e. The van der Waals surface area contributed by atoms with Gasteiger partial charge in [-0.2, -0.15) is 0 Å². The molecule has 0 atom stereocenters. The molecule has 1 N–H and O–H groups in total. The smallest absolute Gasteiger partial charge is 0.271 e. The van der Waals surface area contributed by atoms with Crippen LogP contribution in [0.3, 0.4) is 0 Å². The summed E-state index contributed by atoms with van der Waals surface area (Å²) in [6.45, 7) is 2.26. The highest BCUT2D eigenvalue weighted by atomic mass is 32.1. The molecule has 1 aliphatic heterocycles. The average Bonchev–Trinajstić information content (AvgIpc) is 3.26. The van der Waals surface area contributed by atoms with Crippen molar-refractivity contribution < 1.29 is 14.5 Å². The van der Waals surface area contributed by atoms with Crippen LogP contribution in [-0.4, -0.2) is 52.8 Å². The summed E-state index contributed by atoms with van der Waals surface area (Å²) < 4.78 is 0. The van der Waals surface area contributed by atoms with Gasteiger partial charge in [0.1, 0.15) is 0 Å². The van der Waals surface area contributed by atoms with Gasteiger partial charge < -0.3 is 9.80 Å². The molecule has 164 valence electrons. The third-order valence-corrected chi connectivity index (χ3v) is 5.99. The molecular weight excluding hydrogens is 430 g/mol. The van der Waals surface area contributed by atoms with Crippen molar-refractivity contribution in [2.75, 3.05) is 36.4 Å². The Bertz CT molecular complexity index is 1130. The first kappa shape index (κ1) is 21.4. The van der Waals surface area contributed by atoms with E-state index in [2.05, 4.69) is 10.3 Å². The molecular formula is C22H21N5O4S. The number of non-ortho nitro benzene ring substituents is 1. The molecule has 9 nitrogen and oxygen atoms in total. The van der Waals surface area contributed by atoms with Gasteiger partial charge in [-0.1, -0.05) is 24.3 Å². The lowest BCUT2D eigenvalue weighted by atomic mass is 10.2. The summed E-state index contributed by atoms with van der Waals surface area (Å²) in [6, 6.07) is 15.4. The number of nitro groups is 1. The summed E-state index contributed by atoms with van der Waals surface area (Å²) in [4.78, 5) is 43.7. The molecule has 2 heterocycles.